The zero-order chi connectivity index (χ0) is 25.4. The first-order chi connectivity index (χ1) is 16.9. The van der Waals surface area contributed by atoms with Gasteiger partial charge in [-0.05, 0) is 38.0 Å². The molecular formula is C26H26BrN5O3. The van der Waals surface area contributed by atoms with Gasteiger partial charge in [0.15, 0.2) is 5.49 Å². The van der Waals surface area contributed by atoms with Crippen LogP contribution < -0.4 is 11.0 Å². The molecule has 0 unspecified atom stereocenters. The van der Waals surface area contributed by atoms with Crippen molar-refractivity contribution in [1.29, 1.82) is 5.26 Å². The van der Waals surface area contributed by atoms with Gasteiger partial charge in [-0.15, -0.1) is 0 Å². The number of amides is 1. The summed E-state index contributed by atoms with van der Waals surface area (Å²) in [6.07, 6.45) is 9.09. The van der Waals surface area contributed by atoms with Crippen molar-refractivity contribution >= 4 is 38.5 Å². The minimum atomic E-state index is -0.441. The lowest BCUT2D eigenvalue weighted by atomic mass is 10.2. The maximum Gasteiger partial charge on any atom is 0.267 e. The molecule has 0 aromatic carbocycles. The molecule has 0 radical (unpaired) electrons. The van der Waals surface area contributed by atoms with E-state index < -0.39 is 5.91 Å². The van der Waals surface area contributed by atoms with Crippen molar-refractivity contribution in [2.75, 3.05) is 13.2 Å². The predicted octanol–water partition coefficient (Wildman–Crippen LogP) is 4.09. The number of nitrogens with zero attached hydrogens (tertiary/aromatic N) is 5. The molecule has 3 aromatic heterocycles. The van der Waals surface area contributed by atoms with Gasteiger partial charge in [-0.2, -0.15) is 10.3 Å². The van der Waals surface area contributed by atoms with Crippen LogP contribution in [0.1, 0.15) is 30.9 Å². The summed E-state index contributed by atoms with van der Waals surface area (Å²) >= 11 is 3.37. The van der Waals surface area contributed by atoms with Crippen LogP contribution in [0.2, 0.25) is 0 Å². The summed E-state index contributed by atoms with van der Waals surface area (Å²) in [5.41, 5.74) is 1.71. The third-order valence-electron chi connectivity index (χ3n) is 5.18. The number of allylic oxidation sites excluding steroid dienone is 4. The molecule has 1 amide bonds. The lowest BCUT2D eigenvalue weighted by Gasteiger charge is -2.14. The maximum atomic E-state index is 13.3. The van der Waals surface area contributed by atoms with E-state index in [0.717, 1.165) is 5.56 Å². The van der Waals surface area contributed by atoms with Crippen LogP contribution in [0.5, 0.6) is 0 Å². The summed E-state index contributed by atoms with van der Waals surface area (Å²) in [5, 5.41) is 10.2. The van der Waals surface area contributed by atoms with Crippen molar-refractivity contribution < 1.29 is 9.53 Å². The fourth-order valence-corrected chi connectivity index (χ4v) is 3.96. The maximum absolute atomic E-state index is 13.3. The number of ether oxygens (including phenoxy) is 1. The Morgan fingerprint density at radius 3 is 2.89 bits per heavy atom. The molecule has 0 bridgehead atoms. The third-order valence-corrected chi connectivity index (χ3v) is 5.72. The summed E-state index contributed by atoms with van der Waals surface area (Å²) < 4.78 is 9.23. The number of hydrogen-bond donors (Lipinski definition) is 0. The highest BCUT2D eigenvalue weighted by molar-refractivity contribution is 9.11. The number of carbonyl (C=O) groups excluding carboxylic acids is 1. The number of rotatable bonds is 9. The number of fused-ring (bicyclic) bond motifs is 2. The van der Waals surface area contributed by atoms with Crippen molar-refractivity contribution in [2.24, 2.45) is 4.99 Å². The zero-order valence-electron chi connectivity index (χ0n) is 19.7. The van der Waals surface area contributed by atoms with E-state index in [4.69, 9.17) is 9.72 Å². The highest BCUT2D eigenvalue weighted by Crippen LogP contribution is 2.14. The Morgan fingerprint density at radius 2 is 2.17 bits per heavy atom. The molecule has 3 rings (SSSR count). The minimum absolute atomic E-state index is 0.0102. The van der Waals surface area contributed by atoms with E-state index in [1.807, 2.05) is 19.9 Å². The van der Waals surface area contributed by atoms with Crippen LogP contribution in [-0.4, -0.2) is 33.1 Å². The van der Waals surface area contributed by atoms with Gasteiger partial charge in [-0.25, -0.2) is 4.98 Å². The second-order valence-electron chi connectivity index (χ2n) is 7.65. The molecule has 3 aromatic rings. The van der Waals surface area contributed by atoms with E-state index in [-0.39, 0.29) is 28.4 Å². The van der Waals surface area contributed by atoms with Crippen molar-refractivity contribution in [2.45, 2.75) is 33.2 Å². The van der Waals surface area contributed by atoms with Gasteiger partial charge in [0.25, 0.3) is 11.5 Å². The van der Waals surface area contributed by atoms with E-state index in [2.05, 4.69) is 33.6 Å². The Morgan fingerprint density at radius 1 is 1.37 bits per heavy atom. The first kappa shape index (κ1) is 26.0. The number of hydrogen-bond acceptors (Lipinski definition) is 5. The van der Waals surface area contributed by atoms with Crippen LogP contribution in [0.25, 0.3) is 16.7 Å². The molecule has 0 aliphatic carbocycles. The molecule has 0 N–H and O–H groups in total. The first-order valence-electron chi connectivity index (χ1n) is 11.2. The molecule has 0 atom stereocenters. The molecule has 0 saturated carbocycles. The summed E-state index contributed by atoms with van der Waals surface area (Å²) in [6.45, 7) is 8.80. The molecule has 0 aliphatic rings. The summed E-state index contributed by atoms with van der Waals surface area (Å²) in [5.74, 6) is -0.441. The number of aryl methyl sites for hydroxylation is 2. The van der Waals surface area contributed by atoms with Gasteiger partial charge in [0.05, 0.1) is 17.4 Å². The fourth-order valence-electron chi connectivity index (χ4n) is 3.57. The average Bonchev–Trinajstić information content (AvgIpc) is 2.83. The molecular weight excluding hydrogens is 510 g/mol. The number of aromatic nitrogens is 3. The average molecular weight is 536 g/mol. The van der Waals surface area contributed by atoms with Gasteiger partial charge in [0.1, 0.15) is 17.4 Å². The first-order valence-corrected chi connectivity index (χ1v) is 11.9. The van der Waals surface area contributed by atoms with E-state index in [1.54, 1.807) is 41.1 Å². The van der Waals surface area contributed by atoms with Crippen LogP contribution in [0.3, 0.4) is 0 Å². The molecule has 3 heterocycles. The lowest BCUT2D eigenvalue weighted by Crippen LogP contribution is -2.30. The van der Waals surface area contributed by atoms with Gasteiger partial charge in [-0.1, -0.05) is 52.9 Å². The molecule has 0 aliphatic heterocycles. The standard InChI is InChI=1S/C26H26BrN5O3/c1-4-6-7-11-20(27)16-22(33)29-24-19(17-28)15-21-25(31(24)13-9-14-35-5-2)30-23-18(3)10-8-12-32(23)26(21)34/h4,6-8,10-12,15H,1,5,9,13-14,16H2,2-3H3/b7-6-,20-11+,29-24?. The molecule has 0 saturated heterocycles. The quantitative estimate of drug-likeness (QED) is 0.233. The Balaban J connectivity index is 2.26. The minimum Gasteiger partial charge on any atom is -0.382 e. The summed E-state index contributed by atoms with van der Waals surface area (Å²) in [7, 11) is 0. The number of carbonyl (C=O) groups is 1. The number of pyridine rings is 2. The van der Waals surface area contributed by atoms with E-state index in [1.165, 1.54) is 10.5 Å². The normalized spacial score (nSPS) is 12.5. The van der Waals surface area contributed by atoms with Crippen LogP contribution >= 0.6 is 15.9 Å². The zero-order valence-corrected chi connectivity index (χ0v) is 21.3. The van der Waals surface area contributed by atoms with Crippen LogP contribution in [0.15, 0.2) is 69.5 Å². The predicted molar refractivity (Wildman–Crippen MR) is 139 cm³/mol. The van der Waals surface area contributed by atoms with Gasteiger partial charge in [-0.3, -0.25) is 14.0 Å². The van der Waals surface area contributed by atoms with Crippen LogP contribution in [-0.2, 0) is 16.1 Å². The van der Waals surface area contributed by atoms with Crippen molar-refractivity contribution in [3.8, 4) is 6.07 Å². The lowest BCUT2D eigenvalue weighted by molar-refractivity contribution is -0.117. The number of halogens is 1. The molecule has 180 valence electrons. The molecule has 9 heteroatoms. The van der Waals surface area contributed by atoms with Crippen LogP contribution in [0, 0.1) is 18.3 Å². The highest BCUT2D eigenvalue weighted by Gasteiger charge is 2.16. The monoisotopic (exact) mass is 535 g/mol. The highest BCUT2D eigenvalue weighted by atomic mass is 79.9. The smallest absolute Gasteiger partial charge is 0.267 e. The molecule has 0 fully saturated rings. The Labute approximate surface area is 211 Å². The van der Waals surface area contributed by atoms with Gasteiger partial charge in [0.2, 0.25) is 0 Å². The van der Waals surface area contributed by atoms with E-state index >= 15 is 0 Å². The van der Waals surface area contributed by atoms with Crippen LogP contribution in [0.4, 0.5) is 0 Å². The molecule has 8 nitrogen and oxygen atoms in total. The second-order valence-corrected chi connectivity index (χ2v) is 8.67. The Bertz CT molecular complexity index is 1510. The van der Waals surface area contributed by atoms with Gasteiger partial charge in [0, 0.05) is 30.4 Å². The Hall–Kier alpha value is -3.61. The van der Waals surface area contributed by atoms with E-state index in [0.29, 0.717) is 42.0 Å². The molecule has 35 heavy (non-hydrogen) atoms. The van der Waals surface area contributed by atoms with Gasteiger partial charge < -0.3 is 9.30 Å². The van der Waals surface area contributed by atoms with E-state index in [9.17, 15) is 14.9 Å². The third kappa shape index (κ3) is 6.10. The fraction of sp³-hybridized carbons (Fsp3) is 0.269. The second kappa shape index (κ2) is 12.2. The summed E-state index contributed by atoms with van der Waals surface area (Å²) in [4.78, 5) is 35.1. The SMILES string of the molecule is C=C/C=C\C=C(\Br)CC(=O)N=c1c(C#N)cc2c(=O)n3cccc(C)c3nc2n1CCCOCC. The van der Waals surface area contributed by atoms with Crippen molar-refractivity contribution in [3.05, 3.63) is 86.7 Å². The largest absolute Gasteiger partial charge is 0.382 e. The van der Waals surface area contributed by atoms with Crippen molar-refractivity contribution in [1.82, 2.24) is 14.0 Å². The van der Waals surface area contributed by atoms with Gasteiger partial charge >= 0.3 is 0 Å². The number of nitriles is 1. The topological polar surface area (TPSA) is 102 Å². The Kier molecular flexibility index (Phi) is 9.06. The molecule has 0 spiro atoms. The summed E-state index contributed by atoms with van der Waals surface area (Å²) in [6, 6.07) is 7.20. The van der Waals surface area contributed by atoms with Crippen molar-refractivity contribution in [3.63, 3.8) is 0 Å².